The lowest BCUT2D eigenvalue weighted by atomic mass is 10.0. The summed E-state index contributed by atoms with van der Waals surface area (Å²) in [6, 6.07) is 23.8. The average Bonchev–Trinajstić information content (AvgIpc) is 3.05. The van der Waals surface area contributed by atoms with Crippen LogP contribution < -0.4 is 15.1 Å². The number of hydrogen-bond acceptors (Lipinski definition) is 4. The lowest BCUT2D eigenvalue weighted by molar-refractivity contribution is -0.120. The second kappa shape index (κ2) is 9.28. The molecule has 6 heteroatoms. The van der Waals surface area contributed by atoms with Crippen LogP contribution in [-0.2, 0) is 9.59 Å². The van der Waals surface area contributed by atoms with E-state index in [1.165, 1.54) is 4.90 Å². The van der Waals surface area contributed by atoms with Crippen molar-refractivity contribution in [1.82, 2.24) is 0 Å². The molecule has 0 saturated heterocycles. The molecular weight excluding hydrogens is 422 g/mol. The van der Waals surface area contributed by atoms with Gasteiger partial charge in [0.25, 0.3) is 11.8 Å². The predicted molar refractivity (Wildman–Crippen MR) is 131 cm³/mol. The monoisotopic (exact) mass is 445 g/mol. The zero-order chi connectivity index (χ0) is 22.7. The van der Waals surface area contributed by atoms with E-state index < -0.39 is 5.91 Å². The molecule has 1 heterocycles. The zero-order valence-corrected chi connectivity index (χ0v) is 18.8. The maximum absolute atomic E-state index is 13.4. The van der Waals surface area contributed by atoms with Crippen molar-refractivity contribution in [2.75, 3.05) is 28.2 Å². The molecule has 0 saturated carbocycles. The Labute approximate surface area is 192 Å². The van der Waals surface area contributed by atoms with Gasteiger partial charge in [0, 0.05) is 29.5 Å². The molecule has 3 aromatic rings. The Morgan fingerprint density at radius 3 is 2.16 bits per heavy atom. The van der Waals surface area contributed by atoms with Gasteiger partial charge in [-0.25, -0.2) is 4.90 Å². The number of carbonyl (C=O) groups is 2. The number of benzene rings is 3. The van der Waals surface area contributed by atoms with Gasteiger partial charge in [-0.2, -0.15) is 0 Å². The molecule has 3 aromatic carbocycles. The normalized spacial score (nSPS) is 13.7. The number of rotatable bonds is 7. The maximum Gasteiger partial charge on any atom is 0.282 e. The van der Waals surface area contributed by atoms with E-state index in [2.05, 4.69) is 24.1 Å². The Balaban J connectivity index is 1.73. The molecule has 0 aliphatic carbocycles. The molecule has 0 radical (unpaired) electrons. The van der Waals surface area contributed by atoms with Crippen LogP contribution in [0.5, 0.6) is 0 Å². The number of halogens is 1. The first-order chi connectivity index (χ1) is 15.5. The summed E-state index contributed by atoms with van der Waals surface area (Å²) in [4.78, 5) is 30.2. The number of amides is 2. The second-order valence-electron chi connectivity index (χ2n) is 7.39. The minimum absolute atomic E-state index is 0.247. The highest BCUT2D eigenvalue weighted by Crippen LogP contribution is 2.34. The van der Waals surface area contributed by atoms with Crippen molar-refractivity contribution < 1.29 is 9.59 Å². The summed E-state index contributed by atoms with van der Waals surface area (Å²) in [6.45, 7) is 6.04. The summed E-state index contributed by atoms with van der Waals surface area (Å²) in [5.74, 6) is -0.797. The van der Waals surface area contributed by atoms with Crippen molar-refractivity contribution in [3.63, 3.8) is 0 Å². The van der Waals surface area contributed by atoms with Crippen LogP contribution in [0.4, 0.5) is 17.1 Å². The fourth-order valence-corrected chi connectivity index (χ4v) is 4.04. The molecular formula is C26H24ClN3O2. The van der Waals surface area contributed by atoms with Crippen molar-refractivity contribution in [2.24, 2.45) is 0 Å². The first kappa shape index (κ1) is 21.7. The molecule has 0 aromatic heterocycles. The fourth-order valence-electron chi connectivity index (χ4n) is 3.86. The lowest BCUT2D eigenvalue weighted by Gasteiger charge is -2.21. The van der Waals surface area contributed by atoms with Gasteiger partial charge in [-0.3, -0.25) is 9.59 Å². The Morgan fingerprint density at radius 2 is 1.53 bits per heavy atom. The number of anilines is 3. The number of carbonyl (C=O) groups excluding carboxylic acids is 2. The number of nitrogens with zero attached hydrogens (tertiary/aromatic N) is 2. The summed E-state index contributed by atoms with van der Waals surface area (Å²) in [6.07, 6.45) is 0. The van der Waals surface area contributed by atoms with Crippen molar-refractivity contribution >= 4 is 46.1 Å². The SMILES string of the molecule is CCN(CC)c1ccc(NC2=C(c3ccccc3)C(=O)N(c3cccc(Cl)c3)C2=O)cc1. The third-order valence-electron chi connectivity index (χ3n) is 5.48. The smallest absolute Gasteiger partial charge is 0.282 e. The molecule has 0 spiro atoms. The van der Waals surface area contributed by atoms with Gasteiger partial charge >= 0.3 is 0 Å². The van der Waals surface area contributed by atoms with Crippen LogP contribution in [0.1, 0.15) is 19.4 Å². The zero-order valence-electron chi connectivity index (χ0n) is 18.0. The molecule has 0 unspecified atom stereocenters. The molecule has 1 N–H and O–H groups in total. The van der Waals surface area contributed by atoms with E-state index in [1.54, 1.807) is 24.3 Å². The Kier molecular flexibility index (Phi) is 6.28. The predicted octanol–water partition coefficient (Wildman–Crippen LogP) is 5.58. The molecule has 162 valence electrons. The molecule has 2 amide bonds. The van der Waals surface area contributed by atoms with Crippen LogP contribution in [0, 0.1) is 0 Å². The third kappa shape index (κ3) is 4.12. The van der Waals surface area contributed by atoms with Gasteiger partial charge in [-0.1, -0.05) is 48.0 Å². The highest BCUT2D eigenvalue weighted by molar-refractivity contribution is 6.46. The van der Waals surface area contributed by atoms with Gasteiger partial charge in [0.15, 0.2) is 0 Å². The van der Waals surface area contributed by atoms with E-state index in [0.29, 0.717) is 21.8 Å². The Bertz CT molecular complexity index is 1170. The van der Waals surface area contributed by atoms with Gasteiger partial charge in [0.1, 0.15) is 5.70 Å². The van der Waals surface area contributed by atoms with Gasteiger partial charge in [-0.15, -0.1) is 0 Å². The Hall–Kier alpha value is -3.57. The summed E-state index contributed by atoms with van der Waals surface area (Å²) >= 11 is 6.12. The van der Waals surface area contributed by atoms with E-state index in [-0.39, 0.29) is 11.6 Å². The van der Waals surface area contributed by atoms with Crippen molar-refractivity contribution in [3.8, 4) is 0 Å². The van der Waals surface area contributed by atoms with Gasteiger partial charge in [0.2, 0.25) is 0 Å². The van der Waals surface area contributed by atoms with Gasteiger partial charge in [-0.05, 0) is 61.9 Å². The van der Waals surface area contributed by atoms with Crippen molar-refractivity contribution in [3.05, 3.63) is 95.1 Å². The standard InChI is InChI=1S/C26H24ClN3O2/c1-3-29(4-2)21-15-13-20(14-16-21)28-24-23(18-9-6-5-7-10-18)25(31)30(26(24)32)22-12-8-11-19(27)17-22/h5-17,28H,3-4H2,1-2H3. The van der Waals surface area contributed by atoms with Crippen molar-refractivity contribution in [2.45, 2.75) is 13.8 Å². The summed E-state index contributed by atoms with van der Waals surface area (Å²) < 4.78 is 0. The summed E-state index contributed by atoms with van der Waals surface area (Å²) in [5, 5.41) is 3.66. The molecule has 1 aliphatic rings. The molecule has 5 nitrogen and oxygen atoms in total. The molecule has 4 rings (SSSR count). The highest BCUT2D eigenvalue weighted by Gasteiger charge is 2.40. The quantitative estimate of drug-likeness (QED) is 0.482. The van der Waals surface area contributed by atoms with Crippen LogP contribution in [0.15, 0.2) is 84.6 Å². The topological polar surface area (TPSA) is 52.7 Å². The third-order valence-corrected chi connectivity index (χ3v) is 5.71. The maximum atomic E-state index is 13.4. The fraction of sp³-hybridized carbons (Fsp3) is 0.154. The van der Waals surface area contributed by atoms with Crippen LogP contribution >= 0.6 is 11.6 Å². The van der Waals surface area contributed by atoms with E-state index in [9.17, 15) is 9.59 Å². The van der Waals surface area contributed by atoms with Crippen LogP contribution in [0.3, 0.4) is 0 Å². The molecule has 1 aliphatic heterocycles. The number of hydrogen-bond donors (Lipinski definition) is 1. The minimum Gasteiger partial charge on any atom is -0.372 e. The van der Waals surface area contributed by atoms with Crippen molar-refractivity contribution in [1.29, 1.82) is 0 Å². The highest BCUT2D eigenvalue weighted by atomic mass is 35.5. The molecule has 0 fully saturated rings. The van der Waals surface area contributed by atoms with Crippen LogP contribution in [0.25, 0.3) is 5.57 Å². The summed E-state index contributed by atoms with van der Waals surface area (Å²) in [7, 11) is 0. The lowest BCUT2D eigenvalue weighted by Crippen LogP contribution is -2.32. The summed E-state index contributed by atoms with van der Waals surface area (Å²) in [5.41, 5.74) is 3.54. The minimum atomic E-state index is -0.413. The van der Waals surface area contributed by atoms with Gasteiger partial charge < -0.3 is 10.2 Å². The first-order valence-corrected chi connectivity index (χ1v) is 11.0. The van der Waals surface area contributed by atoms with E-state index in [4.69, 9.17) is 11.6 Å². The number of nitrogens with one attached hydrogen (secondary N) is 1. The van der Waals surface area contributed by atoms with Crippen LogP contribution in [0.2, 0.25) is 5.02 Å². The Morgan fingerprint density at radius 1 is 0.844 bits per heavy atom. The van der Waals surface area contributed by atoms with E-state index >= 15 is 0 Å². The van der Waals surface area contributed by atoms with Gasteiger partial charge in [0.05, 0.1) is 11.3 Å². The molecule has 32 heavy (non-hydrogen) atoms. The largest absolute Gasteiger partial charge is 0.372 e. The first-order valence-electron chi connectivity index (χ1n) is 10.6. The average molecular weight is 446 g/mol. The van der Waals surface area contributed by atoms with E-state index in [1.807, 2.05) is 54.6 Å². The molecule has 0 bridgehead atoms. The van der Waals surface area contributed by atoms with Crippen LogP contribution in [-0.4, -0.2) is 24.9 Å². The molecule has 0 atom stereocenters. The number of imide groups is 1. The van der Waals surface area contributed by atoms with E-state index in [0.717, 1.165) is 24.5 Å². The second-order valence-corrected chi connectivity index (χ2v) is 7.82.